The van der Waals surface area contributed by atoms with Crippen LogP contribution in [0.5, 0.6) is 11.5 Å². The highest BCUT2D eigenvalue weighted by Crippen LogP contribution is 2.33. The van der Waals surface area contributed by atoms with Gasteiger partial charge >= 0.3 is 0 Å². The van der Waals surface area contributed by atoms with Crippen molar-refractivity contribution in [2.75, 3.05) is 32.8 Å². The van der Waals surface area contributed by atoms with Crippen LogP contribution in [0, 0.1) is 10.1 Å². The molecule has 0 unspecified atom stereocenters. The highest BCUT2D eigenvalue weighted by atomic mass is 16.6. The summed E-state index contributed by atoms with van der Waals surface area (Å²) < 4.78 is 10.9. The fourth-order valence-corrected chi connectivity index (χ4v) is 2.98. The molecule has 0 amide bonds. The maximum absolute atomic E-state index is 11.4. The number of nitrogens with zero attached hydrogens (tertiary/aromatic N) is 2. The van der Waals surface area contributed by atoms with E-state index in [0.717, 1.165) is 25.9 Å². The zero-order valence-corrected chi connectivity index (χ0v) is 12.3. The first-order valence-corrected chi connectivity index (χ1v) is 7.58. The summed E-state index contributed by atoms with van der Waals surface area (Å²) in [4.78, 5) is 13.0. The summed E-state index contributed by atoms with van der Waals surface area (Å²) in [5.41, 5.74) is 0.491. The molecule has 22 heavy (non-hydrogen) atoms. The Bertz CT molecular complexity index is 545. The Balaban J connectivity index is 1.77. The molecule has 1 saturated heterocycles. The van der Waals surface area contributed by atoms with E-state index in [1.807, 2.05) is 4.90 Å². The van der Waals surface area contributed by atoms with Crippen LogP contribution in [0.2, 0.25) is 0 Å². The van der Waals surface area contributed by atoms with Crippen molar-refractivity contribution in [3.8, 4) is 11.5 Å². The molecule has 0 radical (unpaired) electrons. The van der Waals surface area contributed by atoms with Gasteiger partial charge in [-0.2, -0.15) is 0 Å². The Labute approximate surface area is 128 Å². The number of likely N-dealkylation sites (tertiary alicyclic amines) is 1. The molecule has 0 spiro atoms. The van der Waals surface area contributed by atoms with Gasteiger partial charge in [-0.05, 0) is 43.6 Å². The molecule has 120 valence electrons. The molecule has 0 saturated carbocycles. The van der Waals surface area contributed by atoms with Crippen molar-refractivity contribution in [3.05, 3.63) is 33.9 Å². The highest BCUT2D eigenvalue weighted by Gasteiger charge is 2.34. The first kappa shape index (κ1) is 15.1. The van der Waals surface area contributed by atoms with Crippen molar-refractivity contribution >= 4 is 0 Å². The molecule has 2 heterocycles. The van der Waals surface area contributed by atoms with Crippen LogP contribution < -0.4 is 9.47 Å². The third kappa shape index (κ3) is 3.15. The van der Waals surface area contributed by atoms with Crippen LogP contribution in [0.25, 0.3) is 0 Å². The monoisotopic (exact) mass is 308 g/mol. The van der Waals surface area contributed by atoms with Crippen molar-refractivity contribution in [1.82, 2.24) is 4.90 Å². The lowest BCUT2D eigenvalue weighted by atomic mass is 10.0. The van der Waals surface area contributed by atoms with Crippen molar-refractivity contribution in [2.24, 2.45) is 0 Å². The van der Waals surface area contributed by atoms with Crippen LogP contribution in [-0.4, -0.2) is 53.8 Å². The summed E-state index contributed by atoms with van der Waals surface area (Å²) in [7, 11) is 0. The lowest BCUT2D eigenvalue weighted by Gasteiger charge is -2.23. The number of aliphatic hydroxyl groups excluding tert-OH is 1. The summed E-state index contributed by atoms with van der Waals surface area (Å²) in [5, 5.41) is 21.8. The smallest absolute Gasteiger partial charge is 0.255 e. The maximum atomic E-state index is 11.4. The predicted molar refractivity (Wildman–Crippen MR) is 78.8 cm³/mol. The predicted octanol–water partition coefficient (Wildman–Crippen LogP) is 1.23. The number of rotatable bonds is 5. The minimum Gasteiger partial charge on any atom is -0.486 e. The Morgan fingerprint density at radius 2 is 1.91 bits per heavy atom. The van der Waals surface area contributed by atoms with Gasteiger partial charge in [0.05, 0.1) is 6.54 Å². The van der Waals surface area contributed by atoms with Crippen molar-refractivity contribution in [3.63, 3.8) is 0 Å². The Hall–Kier alpha value is -1.86. The molecule has 1 aromatic rings. The molecule has 1 N–H and O–H groups in total. The first-order valence-electron chi connectivity index (χ1n) is 7.58. The number of nitro groups is 1. The summed E-state index contributed by atoms with van der Waals surface area (Å²) >= 11 is 0. The second-order valence-corrected chi connectivity index (χ2v) is 5.71. The normalized spacial score (nSPS) is 20.6. The van der Waals surface area contributed by atoms with Gasteiger partial charge in [-0.3, -0.25) is 15.0 Å². The summed E-state index contributed by atoms with van der Waals surface area (Å²) in [5.74, 6) is 1.14. The number of hydrogen-bond donors (Lipinski definition) is 1. The van der Waals surface area contributed by atoms with Gasteiger partial charge in [0.25, 0.3) is 6.04 Å². The molecule has 7 nitrogen and oxygen atoms in total. The van der Waals surface area contributed by atoms with E-state index in [0.29, 0.717) is 30.3 Å². The van der Waals surface area contributed by atoms with Crippen LogP contribution >= 0.6 is 0 Å². The van der Waals surface area contributed by atoms with E-state index in [1.54, 1.807) is 18.2 Å². The van der Waals surface area contributed by atoms with Crippen LogP contribution in [-0.2, 0) is 0 Å². The van der Waals surface area contributed by atoms with Crippen LogP contribution in [0.4, 0.5) is 0 Å². The van der Waals surface area contributed by atoms with E-state index < -0.39 is 12.1 Å². The molecule has 1 fully saturated rings. The Morgan fingerprint density at radius 3 is 2.59 bits per heavy atom. The average molecular weight is 308 g/mol. The van der Waals surface area contributed by atoms with Crippen molar-refractivity contribution in [2.45, 2.75) is 25.0 Å². The molecule has 0 aromatic heterocycles. The van der Waals surface area contributed by atoms with E-state index in [2.05, 4.69) is 0 Å². The third-order valence-corrected chi connectivity index (χ3v) is 4.19. The average Bonchev–Trinajstić information content (AvgIpc) is 3.04. The van der Waals surface area contributed by atoms with Gasteiger partial charge in [0, 0.05) is 4.92 Å². The second kappa shape index (κ2) is 6.50. The molecule has 3 rings (SSSR count). The number of fused-ring (bicyclic) bond motifs is 1. The number of aliphatic hydroxyl groups is 1. The molecule has 0 bridgehead atoms. The summed E-state index contributed by atoms with van der Waals surface area (Å²) in [6, 6.07) is 3.96. The zero-order valence-electron chi connectivity index (χ0n) is 12.3. The fraction of sp³-hybridized carbons (Fsp3) is 0.600. The molecule has 0 aliphatic carbocycles. The molecular formula is C15H20N2O5. The minimum absolute atomic E-state index is 0.266. The molecule has 1 aromatic carbocycles. The van der Waals surface area contributed by atoms with Crippen LogP contribution in [0.3, 0.4) is 0 Å². The van der Waals surface area contributed by atoms with E-state index in [1.165, 1.54) is 0 Å². The largest absolute Gasteiger partial charge is 0.486 e. The van der Waals surface area contributed by atoms with E-state index in [-0.39, 0.29) is 11.5 Å². The first-order chi connectivity index (χ1) is 10.6. The third-order valence-electron chi connectivity index (χ3n) is 4.19. The topological polar surface area (TPSA) is 85.1 Å². The molecule has 2 atom stereocenters. The van der Waals surface area contributed by atoms with Crippen LogP contribution in [0.15, 0.2) is 18.2 Å². The van der Waals surface area contributed by atoms with Gasteiger partial charge in [0.2, 0.25) is 0 Å². The molecule has 2 aliphatic heterocycles. The lowest BCUT2D eigenvalue weighted by molar-refractivity contribution is -0.536. The van der Waals surface area contributed by atoms with E-state index in [4.69, 9.17) is 9.47 Å². The van der Waals surface area contributed by atoms with Crippen molar-refractivity contribution in [1.29, 1.82) is 0 Å². The van der Waals surface area contributed by atoms with Crippen LogP contribution in [0.1, 0.15) is 24.5 Å². The number of benzene rings is 1. The summed E-state index contributed by atoms with van der Waals surface area (Å²) in [6.45, 7) is 2.92. The van der Waals surface area contributed by atoms with Gasteiger partial charge in [-0.25, -0.2) is 0 Å². The number of ether oxygens (including phenoxy) is 2. The van der Waals surface area contributed by atoms with Gasteiger partial charge in [-0.1, -0.05) is 6.07 Å². The zero-order chi connectivity index (χ0) is 15.5. The molecular weight excluding hydrogens is 288 g/mol. The van der Waals surface area contributed by atoms with E-state index in [9.17, 15) is 15.2 Å². The lowest BCUT2D eigenvalue weighted by Crippen LogP contribution is -2.39. The standard InChI is InChI=1S/C15H20N2O5/c18-15(12(17(19)20)10-16-5-1-2-6-16)11-3-4-13-14(9-11)22-8-7-21-13/h3-4,9,12,15,18H,1-2,5-8,10H2/t12-,15-/m1/s1. The Morgan fingerprint density at radius 1 is 1.23 bits per heavy atom. The summed E-state index contributed by atoms with van der Waals surface area (Å²) in [6.07, 6.45) is 0.959. The Kier molecular flexibility index (Phi) is 4.44. The quantitative estimate of drug-likeness (QED) is 0.650. The SMILES string of the molecule is O=[N+]([O-])[C@H](CN1CCCC1)[C@H](O)c1ccc2c(c1)OCCO2. The maximum Gasteiger partial charge on any atom is 0.255 e. The fourth-order valence-electron chi connectivity index (χ4n) is 2.98. The van der Waals surface area contributed by atoms with Gasteiger partial charge in [-0.15, -0.1) is 0 Å². The minimum atomic E-state index is -1.16. The van der Waals surface area contributed by atoms with E-state index >= 15 is 0 Å². The van der Waals surface area contributed by atoms with Gasteiger partial charge in [0.15, 0.2) is 11.5 Å². The van der Waals surface area contributed by atoms with Gasteiger partial charge in [0.1, 0.15) is 19.3 Å². The number of hydrogen-bond acceptors (Lipinski definition) is 6. The van der Waals surface area contributed by atoms with Crippen molar-refractivity contribution < 1.29 is 19.5 Å². The van der Waals surface area contributed by atoms with Gasteiger partial charge < -0.3 is 14.6 Å². The highest BCUT2D eigenvalue weighted by molar-refractivity contribution is 5.44. The molecule has 7 heteroatoms. The molecule has 2 aliphatic rings. The second-order valence-electron chi connectivity index (χ2n) is 5.71.